The first-order valence-electron chi connectivity index (χ1n) is 5.29. The third-order valence-corrected chi connectivity index (χ3v) is 2.27. The smallest absolute Gasteiger partial charge is 0.131 e. The molecule has 1 atom stereocenters. The van der Waals surface area contributed by atoms with E-state index in [2.05, 4.69) is 21.8 Å². The number of aromatic nitrogens is 2. The fraction of sp³-hybridized carbons (Fsp3) is 0.636. The van der Waals surface area contributed by atoms with Gasteiger partial charge in [-0.25, -0.2) is 9.97 Å². The predicted octanol–water partition coefficient (Wildman–Crippen LogP) is 2.49. The molecule has 0 aromatic carbocycles. The monoisotopic (exact) mass is 227 g/mol. The first kappa shape index (κ1) is 12.2. The van der Waals surface area contributed by atoms with E-state index in [-0.39, 0.29) is 5.38 Å². The molecule has 1 aromatic rings. The van der Waals surface area contributed by atoms with Crippen molar-refractivity contribution in [1.82, 2.24) is 9.97 Å². The van der Waals surface area contributed by atoms with Crippen LogP contribution in [0.2, 0.25) is 0 Å². The van der Waals surface area contributed by atoms with Crippen molar-refractivity contribution in [3.8, 4) is 0 Å². The Morgan fingerprint density at radius 2 is 2.20 bits per heavy atom. The minimum Gasteiger partial charge on any atom is -0.358 e. The van der Waals surface area contributed by atoms with Gasteiger partial charge in [-0.2, -0.15) is 0 Å². The molecule has 0 saturated carbocycles. The van der Waals surface area contributed by atoms with Gasteiger partial charge in [0.15, 0.2) is 0 Å². The molecule has 0 fully saturated rings. The number of alkyl halides is 1. The number of hydrogen-bond donors (Lipinski definition) is 0. The summed E-state index contributed by atoms with van der Waals surface area (Å²) >= 11 is 5.94. The van der Waals surface area contributed by atoms with Crippen molar-refractivity contribution in [3.05, 3.63) is 18.1 Å². The molecule has 1 rings (SSSR count). The van der Waals surface area contributed by atoms with E-state index in [0.717, 1.165) is 30.9 Å². The minimum atomic E-state index is 0.125. The molecule has 3 nitrogen and oxygen atoms in total. The van der Waals surface area contributed by atoms with Crippen molar-refractivity contribution < 1.29 is 0 Å². The Balaban J connectivity index is 2.71. The molecule has 1 unspecified atom stereocenters. The van der Waals surface area contributed by atoms with Crippen LogP contribution in [-0.4, -0.2) is 28.9 Å². The van der Waals surface area contributed by atoms with Crippen molar-refractivity contribution in [2.24, 2.45) is 0 Å². The molecular formula is C11H18ClN3. The standard InChI is InChI=1S/C11H18ClN3/c1-4-5-10-6-11(14-8-13-10)15(3)7-9(2)12/h6,8-9H,4-5,7H2,1-3H3. The second-order valence-corrected chi connectivity index (χ2v) is 4.52. The van der Waals surface area contributed by atoms with Crippen LogP contribution in [0.1, 0.15) is 26.0 Å². The number of halogens is 1. The predicted molar refractivity (Wildman–Crippen MR) is 64.6 cm³/mol. The van der Waals surface area contributed by atoms with Crippen LogP contribution in [0, 0.1) is 0 Å². The van der Waals surface area contributed by atoms with Gasteiger partial charge in [0, 0.05) is 30.7 Å². The Morgan fingerprint density at radius 3 is 2.80 bits per heavy atom. The number of nitrogens with zero attached hydrogens (tertiary/aromatic N) is 3. The zero-order chi connectivity index (χ0) is 11.3. The molecule has 0 amide bonds. The van der Waals surface area contributed by atoms with Gasteiger partial charge in [0.1, 0.15) is 12.1 Å². The van der Waals surface area contributed by atoms with Crippen molar-refractivity contribution in [3.63, 3.8) is 0 Å². The number of aryl methyl sites for hydroxylation is 1. The van der Waals surface area contributed by atoms with E-state index in [1.165, 1.54) is 0 Å². The molecule has 0 saturated heterocycles. The van der Waals surface area contributed by atoms with Crippen molar-refractivity contribution in [2.45, 2.75) is 32.1 Å². The largest absolute Gasteiger partial charge is 0.358 e. The normalized spacial score (nSPS) is 12.5. The SMILES string of the molecule is CCCc1cc(N(C)CC(C)Cl)ncn1. The first-order valence-corrected chi connectivity index (χ1v) is 5.73. The maximum atomic E-state index is 5.94. The maximum Gasteiger partial charge on any atom is 0.131 e. The van der Waals surface area contributed by atoms with E-state index >= 15 is 0 Å². The first-order chi connectivity index (χ1) is 7.13. The summed E-state index contributed by atoms with van der Waals surface area (Å²) in [7, 11) is 2.00. The van der Waals surface area contributed by atoms with Gasteiger partial charge in [-0.3, -0.25) is 0 Å². The Morgan fingerprint density at radius 1 is 1.47 bits per heavy atom. The summed E-state index contributed by atoms with van der Waals surface area (Å²) in [6.45, 7) is 4.92. The molecule has 1 aromatic heterocycles. The van der Waals surface area contributed by atoms with Gasteiger partial charge in [-0.05, 0) is 13.3 Å². The average Bonchev–Trinajstić information content (AvgIpc) is 2.17. The molecular weight excluding hydrogens is 210 g/mol. The van der Waals surface area contributed by atoms with Crippen molar-refractivity contribution in [2.75, 3.05) is 18.5 Å². The molecule has 84 valence electrons. The van der Waals surface area contributed by atoms with Crippen LogP contribution in [-0.2, 0) is 6.42 Å². The lowest BCUT2D eigenvalue weighted by molar-refractivity contribution is 0.824. The minimum absolute atomic E-state index is 0.125. The van der Waals surface area contributed by atoms with Crippen LogP contribution in [0.15, 0.2) is 12.4 Å². The van der Waals surface area contributed by atoms with E-state index < -0.39 is 0 Å². The summed E-state index contributed by atoms with van der Waals surface area (Å²) in [5.41, 5.74) is 1.09. The van der Waals surface area contributed by atoms with Crippen LogP contribution < -0.4 is 4.90 Å². The van der Waals surface area contributed by atoms with Crippen LogP contribution in [0.4, 0.5) is 5.82 Å². The van der Waals surface area contributed by atoms with E-state index in [4.69, 9.17) is 11.6 Å². The summed E-state index contributed by atoms with van der Waals surface area (Å²) in [4.78, 5) is 10.5. The molecule has 0 aliphatic heterocycles. The molecule has 15 heavy (non-hydrogen) atoms. The third-order valence-electron chi connectivity index (χ3n) is 2.13. The third kappa shape index (κ3) is 4.04. The highest BCUT2D eigenvalue weighted by Gasteiger charge is 2.06. The van der Waals surface area contributed by atoms with Gasteiger partial charge in [-0.1, -0.05) is 13.3 Å². The van der Waals surface area contributed by atoms with E-state index in [1.807, 2.05) is 20.0 Å². The van der Waals surface area contributed by atoms with Gasteiger partial charge in [-0.15, -0.1) is 11.6 Å². The number of anilines is 1. The molecule has 4 heteroatoms. The maximum absolute atomic E-state index is 5.94. The summed E-state index contributed by atoms with van der Waals surface area (Å²) in [6.07, 6.45) is 3.72. The van der Waals surface area contributed by atoms with Crippen LogP contribution in [0.25, 0.3) is 0 Å². The lowest BCUT2D eigenvalue weighted by Crippen LogP contribution is -2.25. The zero-order valence-electron chi connectivity index (χ0n) is 9.57. The highest BCUT2D eigenvalue weighted by molar-refractivity contribution is 6.20. The molecule has 0 bridgehead atoms. The van der Waals surface area contributed by atoms with Gasteiger partial charge >= 0.3 is 0 Å². The quantitative estimate of drug-likeness (QED) is 0.724. The van der Waals surface area contributed by atoms with Crippen molar-refractivity contribution in [1.29, 1.82) is 0 Å². The Labute approximate surface area is 96.5 Å². The average molecular weight is 228 g/mol. The number of hydrogen-bond acceptors (Lipinski definition) is 3. The van der Waals surface area contributed by atoms with Crippen LogP contribution in [0.5, 0.6) is 0 Å². The fourth-order valence-corrected chi connectivity index (χ4v) is 1.67. The van der Waals surface area contributed by atoms with E-state index in [9.17, 15) is 0 Å². The topological polar surface area (TPSA) is 29.0 Å². The van der Waals surface area contributed by atoms with Gasteiger partial charge < -0.3 is 4.90 Å². The van der Waals surface area contributed by atoms with E-state index in [0.29, 0.717) is 0 Å². The molecule has 0 spiro atoms. The lowest BCUT2D eigenvalue weighted by atomic mass is 10.2. The zero-order valence-corrected chi connectivity index (χ0v) is 10.3. The Bertz CT molecular complexity index is 302. The molecule has 0 N–H and O–H groups in total. The Hall–Kier alpha value is -0.830. The summed E-state index contributed by atoms with van der Waals surface area (Å²) < 4.78 is 0. The lowest BCUT2D eigenvalue weighted by Gasteiger charge is -2.19. The van der Waals surface area contributed by atoms with Gasteiger partial charge in [0.2, 0.25) is 0 Å². The van der Waals surface area contributed by atoms with Crippen molar-refractivity contribution >= 4 is 17.4 Å². The summed E-state index contributed by atoms with van der Waals surface area (Å²) in [6, 6.07) is 2.03. The van der Waals surface area contributed by atoms with Crippen LogP contribution >= 0.6 is 11.6 Å². The molecule has 0 aliphatic carbocycles. The summed E-state index contributed by atoms with van der Waals surface area (Å²) in [5, 5.41) is 0.125. The second kappa shape index (κ2) is 5.91. The highest BCUT2D eigenvalue weighted by Crippen LogP contribution is 2.11. The van der Waals surface area contributed by atoms with Crippen LogP contribution in [0.3, 0.4) is 0 Å². The van der Waals surface area contributed by atoms with Gasteiger partial charge in [0.25, 0.3) is 0 Å². The fourth-order valence-electron chi connectivity index (χ4n) is 1.46. The Kier molecular flexibility index (Phi) is 4.82. The molecule has 0 aliphatic rings. The highest BCUT2D eigenvalue weighted by atomic mass is 35.5. The number of rotatable bonds is 5. The van der Waals surface area contributed by atoms with E-state index in [1.54, 1.807) is 6.33 Å². The molecule has 1 heterocycles. The molecule has 0 radical (unpaired) electrons. The van der Waals surface area contributed by atoms with Gasteiger partial charge in [0.05, 0.1) is 0 Å². The summed E-state index contributed by atoms with van der Waals surface area (Å²) in [5.74, 6) is 0.945. The second-order valence-electron chi connectivity index (χ2n) is 3.78.